The fourth-order valence-corrected chi connectivity index (χ4v) is 2.96. The minimum absolute atomic E-state index is 0.524. The van der Waals surface area contributed by atoms with E-state index in [4.69, 9.17) is 16.1 Å². The highest BCUT2D eigenvalue weighted by Crippen LogP contribution is 2.23. The lowest BCUT2D eigenvalue weighted by atomic mass is 10.2. The highest BCUT2D eigenvalue weighted by molar-refractivity contribution is 7.98. The first kappa shape index (κ1) is 14.2. The SMILES string of the molecule is Clc1ccc(-c2noc(CSc3nnc4ccccn34)n2)cc1. The molecule has 0 bridgehead atoms. The highest BCUT2D eigenvalue weighted by Gasteiger charge is 2.11. The van der Waals surface area contributed by atoms with Gasteiger partial charge in [0.2, 0.25) is 11.7 Å². The fourth-order valence-electron chi connectivity index (χ4n) is 2.07. The smallest absolute Gasteiger partial charge is 0.237 e. The monoisotopic (exact) mass is 343 g/mol. The van der Waals surface area contributed by atoms with Gasteiger partial charge < -0.3 is 4.52 Å². The van der Waals surface area contributed by atoms with E-state index in [-0.39, 0.29) is 0 Å². The fraction of sp³-hybridized carbons (Fsp3) is 0.0667. The molecule has 8 heteroatoms. The predicted octanol–water partition coefficient (Wildman–Crippen LogP) is 3.73. The molecule has 0 radical (unpaired) electrons. The molecule has 114 valence electrons. The number of rotatable bonds is 4. The summed E-state index contributed by atoms with van der Waals surface area (Å²) in [4.78, 5) is 4.39. The maximum absolute atomic E-state index is 5.88. The Labute approximate surface area is 140 Å². The van der Waals surface area contributed by atoms with Gasteiger partial charge in [0.05, 0.1) is 5.75 Å². The summed E-state index contributed by atoms with van der Waals surface area (Å²) in [5.41, 5.74) is 1.67. The van der Waals surface area contributed by atoms with Crippen LogP contribution in [-0.2, 0) is 5.75 Å². The first-order chi connectivity index (χ1) is 11.3. The number of halogens is 1. The first-order valence-corrected chi connectivity index (χ1v) is 8.17. The van der Waals surface area contributed by atoms with Gasteiger partial charge in [-0.05, 0) is 36.4 Å². The molecule has 0 unspecified atom stereocenters. The van der Waals surface area contributed by atoms with Crippen LogP contribution in [0.25, 0.3) is 17.0 Å². The van der Waals surface area contributed by atoms with Crippen molar-refractivity contribution in [1.29, 1.82) is 0 Å². The molecule has 3 heterocycles. The van der Waals surface area contributed by atoms with Gasteiger partial charge in [0.25, 0.3) is 0 Å². The van der Waals surface area contributed by atoms with Gasteiger partial charge in [-0.2, -0.15) is 4.98 Å². The minimum atomic E-state index is 0.524. The molecule has 0 aliphatic heterocycles. The van der Waals surface area contributed by atoms with E-state index >= 15 is 0 Å². The molecule has 0 aliphatic carbocycles. The normalized spacial score (nSPS) is 11.2. The van der Waals surface area contributed by atoms with Crippen molar-refractivity contribution in [2.24, 2.45) is 0 Å². The van der Waals surface area contributed by atoms with E-state index in [0.717, 1.165) is 16.4 Å². The van der Waals surface area contributed by atoms with Crippen LogP contribution in [-0.4, -0.2) is 24.7 Å². The van der Waals surface area contributed by atoms with Crippen LogP contribution in [0, 0.1) is 0 Å². The van der Waals surface area contributed by atoms with Crippen molar-refractivity contribution < 1.29 is 4.52 Å². The number of nitrogens with zero attached hydrogens (tertiary/aromatic N) is 5. The van der Waals surface area contributed by atoms with Crippen molar-refractivity contribution in [1.82, 2.24) is 24.7 Å². The van der Waals surface area contributed by atoms with Crippen LogP contribution < -0.4 is 0 Å². The van der Waals surface area contributed by atoms with Crippen LogP contribution in [0.5, 0.6) is 0 Å². The number of benzene rings is 1. The van der Waals surface area contributed by atoms with Gasteiger partial charge in [-0.3, -0.25) is 4.40 Å². The Morgan fingerprint density at radius 3 is 2.83 bits per heavy atom. The van der Waals surface area contributed by atoms with E-state index in [0.29, 0.717) is 22.5 Å². The topological polar surface area (TPSA) is 69.1 Å². The molecule has 0 saturated carbocycles. The summed E-state index contributed by atoms with van der Waals surface area (Å²) in [6, 6.07) is 13.1. The zero-order chi connectivity index (χ0) is 15.6. The van der Waals surface area contributed by atoms with Crippen LogP contribution in [0.2, 0.25) is 5.02 Å². The number of pyridine rings is 1. The first-order valence-electron chi connectivity index (χ1n) is 6.81. The number of hydrogen-bond donors (Lipinski definition) is 0. The van der Waals surface area contributed by atoms with Gasteiger partial charge in [-0.15, -0.1) is 10.2 Å². The summed E-state index contributed by atoms with van der Waals surface area (Å²) in [7, 11) is 0. The van der Waals surface area contributed by atoms with E-state index in [1.165, 1.54) is 11.8 Å². The molecule has 0 fully saturated rings. The zero-order valence-corrected chi connectivity index (χ0v) is 13.3. The average Bonchev–Trinajstić information content (AvgIpc) is 3.20. The molecule has 0 aliphatic rings. The van der Waals surface area contributed by atoms with Crippen molar-refractivity contribution in [2.75, 3.05) is 0 Å². The van der Waals surface area contributed by atoms with Gasteiger partial charge in [-0.1, -0.05) is 34.6 Å². The van der Waals surface area contributed by atoms with Gasteiger partial charge in [-0.25, -0.2) is 0 Å². The maximum Gasteiger partial charge on any atom is 0.237 e. The summed E-state index contributed by atoms with van der Waals surface area (Å²) in [5.74, 6) is 1.60. The molecule has 23 heavy (non-hydrogen) atoms. The lowest BCUT2D eigenvalue weighted by Gasteiger charge is -1.96. The molecule has 3 aromatic heterocycles. The predicted molar refractivity (Wildman–Crippen MR) is 87.3 cm³/mol. The Morgan fingerprint density at radius 2 is 1.96 bits per heavy atom. The molecule has 1 aromatic carbocycles. The van der Waals surface area contributed by atoms with Crippen LogP contribution in [0.3, 0.4) is 0 Å². The summed E-state index contributed by atoms with van der Waals surface area (Å²) in [5, 5.41) is 13.7. The molecule has 0 N–H and O–H groups in total. The van der Waals surface area contributed by atoms with Crippen molar-refractivity contribution in [3.05, 3.63) is 59.6 Å². The highest BCUT2D eigenvalue weighted by atomic mass is 35.5. The van der Waals surface area contributed by atoms with Crippen LogP contribution in [0.4, 0.5) is 0 Å². The van der Waals surface area contributed by atoms with Crippen molar-refractivity contribution >= 4 is 29.0 Å². The molecule has 0 atom stereocenters. The molecule has 0 saturated heterocycles. The molecule has 0 amide bonds. The third-order valence-electron chi connectivity index (χ3n) is 3.18. The third-order valence-corrected chi connectivity index (χ3v) is 4.36. The van der Waals surface area contributed by atoms with Crippen LogP contribution >= 0.6 is 23.4 Å². The molecule has 0 spiro atoms. The Hall–Kier alpha value is -2.38. The largest absolute Gasteiger partial charge is 0.338 e. The van der Waals surface area contributed by atoms with Crippen LogP contribution in [0.1, 0.15) is 5.89 Å². The minimum Gasteiger partial charge on any atom is -0.338 e. The Balaban J connectivity index is 1.51. The lowest BCUT2D eigenvalue weighted by molar-refractivity contribution is 0.391. The number of fused-ring (bicyclic) bond motifs is 1. The average molecular weight is 344 g/mol. The molecular formula is C15H10ClN5OS. The lowest BCUT2D eigenvalue weighted by Crippen LogP contribution is -1.88. The number of aromatic nitrogens is 5. The second kappa shape index (κ2) is 6.02. The summed E-state index contributed by atoms with van der Waals surface area (Å²) in [6.07, 6.45) is 1.92. The van der Waals surface area contributed by atoms with Gasteiger partial charge in [0.1, 0.15) is 0 Å². The van der Waals surface area contributed by atoms with E-state index in [2.05, 4.69) is 20.3 Å². The Bertz CT molecular complexity index is 950. The number of thioether (sulfide) groups is 1. The molecule has 4 rings (SSSR count). The zero-order valence-electron chi connectivity index (χ0n) is 11.8. The summed E-state index contributed by atoms with van der Waals surface area (Å²) in [6.45, 7) is 0. The van der Waals surface area contributed by atoms with Crippen molar-refractivity contribution in [3.8, 4) is 11.4 Å². The van der Waals surface area contributed by atoms with Crippen molar-refractivity contribution in [3.63, 3.8) is 0 Å². The van der Waals surface area contributed by atoms with E-state index in [1.807, 2.05) is 40.9 Å². The second-order valence-corrected chi connectivity index (χ2v) is 6.10. The Kier molecular flexibility index (Phi) is 3.72. The van der Waals surface area contributed by atoms with Crippen molar-refractivity contribution in [2.45, 2.75) is 10.9 Å². The van der Waals surface area contributed by atoms with Crippen LogP contribution in [0.15, 0.2) is 58.3 Å². The Morgan fingerprint density at radius 1 is 1.09 bits per heavy atom. The summed E-state index contributed by atoms with van der Waals surface area (Å²) >= 11 is 7.37. The molecule has 6 nitrogen and oxygen atoms in total. The van der Waals surface area contributed by atoms with Gasteiger partial charge in [0.15, 0.2) is 10.8 Å². The third kappa shape index (κ3) is 2.93. The van der Waals surface area contributed by atoms with E-state index < -0.39 is 0 Å². The second-order valence-electron chi connectivity index (χ2n) is 4.72. The van der Waals surface area contributed by atoms with Gasteiger partial charge in [0, 0.05) is 16.8 Å². The maximum atomic E-state index is 5.88. The van der Waals surface area contributed by atoms with E-state index in [9.17, 15) is 0 Å². The summed E-state index contributed by atoms with van der Waals surface area (Å²) < 4.78 is 7.21. The molecule has 4 aromatic rings. The number of hydrogen-bond acceptors (Lipinski definition) is 6. The van der Waals surface area contributed by atoms with Gasteiger partial charge >= 0.3 is 0 Å². The standard InChI is InChI=1S/C15H10ClN5OS/c16-11-6-4-10(5-7-11)14-17-13(22-20-14)9-23-15-19-18-12-3-1-2-8-21(12)15/h1-8H,9H2. The van der Waals surface area contributed by atoms with E-state index in [1.54, 1.807) is 12.1 Å². The quantitative estimate of drug-likeness (QED) is 0.526. The molecular weight excluding hydrogens is 334 g/mol.